The topological polar surface area (TPSA) is 52.7 Å². The largest absolute Gasteiger partial charge is 0.283 e. The Morgan fingerprint density at radius 3 is 2.89 bits per heavy atom. The fourth-order valence-electron chi connectivity index (χ4n) is 3.74. The van der Waals surface area contributed by atoms with E-state index in [0.29, 0.717) is 6.54 Å². The minimum Gasteiger partial charge on any atom is -0.283 e. The van der Waals surface area contributed by atoms with Crippen molar-refractivity contribution < 1.29 is 0 Å². The van der Waals surface area contributed by atoms with Gasteiger partial charge in [0.25, 0.3) is 5.56 Å². The van der Waals surface area contributed by atoms with E-state index in [2.05, 4.69) is 24.7 Å². The van der Waals surface area contributed by atoms with Crippen molar-refractivity contribution >= 4 is 33.3 Å². The zero-order chi connectivity index (χ0) is 19.0. The van der Waals surface area contributed by atoms with Crippen LogP contribution in [-0.2, 0) is 25.9 Å². The van der Waals surface area contributed by atoms with E-state index in [1.165, 1.54) is 23.3 Å². The van der Waals surface area contributed by atoms with Gasteiger partial charge in [-0.15, -0.1) is 17.9 Å². The smallest absolute Gasteiger partial charge is 0.263 e. The Bertz CT molecular complexity index is 1060. The van der Waals surface area contributed by atoms with Crippen molar-refractivity contribution in [2.24, 2.45) is 0 Å². The Hall–Kier alpha value is -1.86. The number of aromatic nitrogens is 4. The predicted molar refractivity (Wildman–Crippen MR) is 113 cm³/mol. The number of allylic oxidation sites excluding steroid dienone is 1. The molecule has 0 spiro atoms. The first-order chi connectivity index (χ1) is 13.1. The lowest BCUT2D eigenvalue weighted by atomic mass is 9.97. The van der Waals surface area contributed by atoms with Gasteiger partial charge >= 0.3 is 0 Å². The molecular weight excluding hydrogens is 376 g/mol. The second-order valence-corrected chi connectivity index (χ2v) is 9.13. The lowest BCUT2D eigenvalue weighted by Gasteiger charge is -2.12. The SMILES string of the molecule is C=CCn1c(SCCn2nc(C)cc2C)nc2sc3c(c2c1=O)CCCC3. The van der Waals surface area contributed by atoms with Gasteiger partial charge in [-0.25, -0.2) is 4.98 Å². The molecule has 0 aromatic carbocycles. The van der Waals surface area contributed by atoms with Gasteiger partial charge in [-0.05, 0) is 51.2 Å². The van der Waals surface area contributed by atoms with Crippen molar-refractivity contribution in [3.63, 3.8) is 0 Å². The average molecular weight is 401 g/mol. The molecule has 0 bridgehead atoms. The van der Waals surface area contributed by atoms with E-state index in [1.54, 1.807) is 33.7 Å². The van der Waals surface area contributed by atoms with E-state index < -0.39 is 0 Å². The van der Waals surface area contributed by atoms with E-state index in [-0.39, 0.29) is 5.56 Å². The molecule has 0 radical (unpaired) electrons. The highest BCUT2D eigenvalue weighted by Crippen LogP contribution is 2.34. The molecule has 1 aliphatic carbocycles. The number of fused-ring (bicyclic) bond motifs is 3. The van der Waals surface area contributed by atoms with Gasteiger partial charge in [-0.2, -0.15) is 5.10 Å². The standard InChI is InChI=1S/C20H24N4OS2/c1-4-9-23-19(25)17-15-7-5-6-8-16(15)27-18(17)21-20(23)26-11-10-24-14(3)12-13(2)22-24/h4,12H,1,5-11H2,2-3H3. The summed E-state index contributed by atoms with van der Waals surface area (Å²) in [5.41, 5.74) is 3.53. The van der Waals surface area contributed by atoms with Crippen LogP contribution in [0.3, 0.4) is 0 Å². The van der Waals surface area contributed by atoms with Crippen LogP contribution in [0, 0.1) is 13.8 Å². The molecule has 0 N–H and O–H groups in total. The van der Waals surface area contributed by atoms with E-state index in [4.69, 9.17) is 4.98 Å². The third-order valence-electron chi connectivity index (χ3n) is 4.99. The maximum atomic E-state index is 13.2. The summed E-state index contributed by atoms with van der Waals surface area (Å²) in [5.74, 6) is 0.822. The van der Waals surface area contributed by atoms with E-state index in [1.807, 2.05) is 11.6 Å². The van der Waals surface area contributed by atoms with Gasteiger partial charge in [-0.1, -0.05) is 17.8 Å². The van der Waals surface area contributed by atoms with Crippen LogP contribution in [0.2, 0.25) is 0 Å². The molecule has 3 heterocycles. The first kappa shape index (κ1) is 18.5. The Morgan fingerprint density at radius 2 is 2.15 bits per heavy atom. The average Bonchev–Trinajstić information content (AvgIpc) is 3.17. The summed E-state index contributed by atoms with van der Waals surface area (Å²) in [6.07, 6.45) is 6.24. The van der Waals surface area contributed by atoms with Gasteiger partial charge in [0.05, 0.1) is 17.6 Å². The van der Waals surface area contributed by atoms with Crippen molar-refractivity contribution in [3.05, 3.63) is 50.9 Å². The molecule has 142 valence electrons. The molecule has 5 nitrogen and oxygen atoms in total. The number of thiophene rings is 1. The summed E-state index contributed by atoms with van der Waals surface area (Å²) >= 11 is 3.33. The van der Waals surface area contributed by atoms with Crippen molar-refractivity contribution in [1.29, 1.82) is 0 Å². The number of nitrogens with zero attached hydrogens (tertiary/aromatic N) is 4. The molecule has 1 aliphatic rings. The van der Waals surface area contributed by atoms with Crippen LogP contribution >= 0.6 is 23.1 Å². The van der Waals surface area contributed by atoms with Crippen molar-refractivity contribution in [1.82, 2.24) is 19.3 Å². The normalized spacial score (nSPS) is 13.9. The number of rotatable bonds is 6. The molecular formula is C20H24N4OS2. The molecule has 4 rings (SSSR count). The quantitative estimate of drug-likeness (QED) is 0.355. The fourth-order valence-corrected chi connectivity index (χ4v) is 5.97. The maximum absolute atomic E-state index is 13.2. The van der Waals surface area contributed by atoms with Gasteiger partial charge in [-0.3, -0.25) is 14.0 Å². The van der Waals surface area contributed by atoms with Crippen LogP contribution in [0.15, 0.2) is 28.7 Å². The lowest BCUT2D eigenvalue weighted by Crippen LogP contribution is -2.23. The Labute approximate surface area is 167 Å². The van der Waals surface area contributed by atoms with E-state index >= 15 is 0 Å². The summed E-state index contributed by atoms with van der Waals surface area (Å²) in [6.45, 7) is 9.20. The van der Waals surface area contributed by atoms with Crippen molar-refractivity contribution in [2.75, 3.05) is 5.75 Å². The van der Waals surface area contributed by atoms with Crippen LogP contribution < -0.4 is 5.56 Å². The van der Waals surface area contributed by atoms with Crippen LogP contribution in [0.25, 0.3) is 10.2 Å². The molecule has 0 atom stereocenters. The molecule has 3 aromatic heterocycles. The molecule has 3 aromatic rings. The monoisotopic (exact) mass is 400 g/mol. The number of hydrogen-bond acceptors (Lipinski definition) is 5. The molecule has 0 fully saturated rings. The lowest BCUT2D eigenvalue weighted by molar-refractivity contribution is 0.635. The summed E-state index contributed by atoms with van der Waals surface area (Å²) in [4.78, 5) is 20.4. The van der Waals surface area contributed by atoms with Gasteiger partial charge in [0.15, 0.2) is 5.16 Å². The summed E-state index contributed by atoms with van der Waals surface area (Å²) < 4.78 is 3.80. The third kappa shape index (κ3) is 3.50. The molecule has 0 saturated heterocycles. The molecule has 0 aliphatic heterocycles. The predicted octanol–water partition coefficient (Wildman–Crippen LogP) is 4.13. The number of thioether (sulfide) groups is 1. The highest BCUT2D eigenvalue weighted by molar-refractivity contribution is 7.99. The molecule has 0 unspecified atom stereocenters. The summed E-state index contributed by atoms with van der Waals surface area (Å²) in [6, 6.07) is 2.08. The fraction of sp³-hybridized carbons (Fsp3) is 0.450. The molecule has 27 heavy (non-hydrogen) atoms. The van der Waals surface area contributed by atoms with Crippen LogP contribution in [0.1, 0.15) is 34.7 Å². The van der Waals surface area contributed by atoms with Crippen LogP contribution in [0.5, 0.6) is 0 Å². The zero-order valence-corrected chi connectivity index (χ0v) is 17.5. The van der Waals surface area contributed by atoms with Gasteiger partial charge in [0.1, 0.15) is 4.83 Å². The van der Waals surface area contributed by atoms with Crippen LogP contribution in [0.4, 0.5) is 0 Å². The second kappa shape index (κ2) is 7.64. The molecule has 0 saturated carbocycles. The highest BCUT2D eigenvalue weighted by atomic mass is 32.2. The van der Waals surface area contributed by atoms with Gasteiger partial charge in [0, 0.05) is 22.9 Å². The number of hydrogen-bond donors (Lipinski definition) is 0. The van der Waals surface area contributed by atoms with Crippen molar-refractivity contribution in [3.8, 4) is 0 Å². The van der Waals surface area contributed by atoms with E-state index in [0.717, 1.165) is 51.9 Å². The Kier molecular flexibility index (Phi) is 5.23. The Balaban J connectivity index is 1.66. The maximum Gasteiger partial charge on any atom is 0.263 e. The zero-order valence-electron chi connectivity index (χ0n) is 15.8. The summed E-state index contributed by atoms with van der Waals surface area (Å²) in [5, 5.41) is 6.14. The second-order valence-electron chi connectivity index (χ2n) is 6.99. The third-order valence-corrected chi connectivity index (χ3v) is 7.13. The summed E-state index contributed by atoms with van der Waals surface area (Å²) in [7, 11) is 0. The van der Waals surface area contributed by atoms with Crippen molar-refractivity contribution in [2.45, 2.75) is 57.8 Å². The molecule has 0 amide bonds. The minimum absolute atomic E-state index is 0.0907. The first-order valence-electron chi connectivity index (χ1n) is 9.38. The minimum atomic E-state index is 0.0907. The van der Waals surface area contributed by atoms with Gasteiger partial charge < -0.3 is 0 Å². The highest BCUT2D eigenvalue weighted by Gasteiger charge is 2.22. The number of aryl methyl sites for hydroxylation is 5. The molecule has 7 heteroatoms. The van der Waals surface area contributed by atoms with E-state index in [9.17, 15) is 4.79 Å². The first-order valence-corrected chi connectivity index (χ1v) is 11.2. The Morgan fingerprint density at radius 1 is 1.33 bits per heavy atom. The van der Waals surface area contributed by atoms with Crippen LogP contribution in [-0.4, -0.2) is 25.1 Å². The van der Waals surface area contributed by atoms with Gasteiger partial charge in [0.2, 0.25) is 0 Å².